The molecule has 0 bridgehead atoms. The Balaban J connectivity index is 1.60. The van der Waals surface area contributed by atoms with Crippen LogP contribution in [-0.2, 0) is 13.0 Å². The molecule has 4 aromatic rings. The second kappa shape index (κ2) is 8.91. The predicted octanol–water partition coefficient (Wildman–Crippen LogP) is 3.64. The number of tetrazole rings is 1. The van der Waals surface area contributed by atoms with Gasteiger partial charge in [-0.25, -0.2) is 14.6 Å². The maximum Gasteiger partial charge on any atom is 0.346 e. The van der Waals surface area contributed by atoms with Gasteiger partial charge in [0.25, 0.3) is 0 Å². The van der Waals surface area contributed by atoms with Gasteiger partial charge in [0.15, 0.2) is 5.82 Å². The minimum Gasteiger partial charge on any atom is -0.274 e. The van der Waals surface area contributed by atoms with Gasteiger partial charge in [-0.2, -0.15) is 5.10 Å². The normalized spacial score (nSPS) is 11.6. The van der Waals surface area contributed by atoms with Gasteiger partial charge in [0, 0.05) is 12.0 Å². The first-order valence-corrected chi connectivity index (χ1v) is 10.3. The highest BCUT2D eigenvalue weighted by atomic mass is 16.2. The number of allylic oxidation sites excluding steroid dienone is 2. The monoisotopic (exact) mass is 415 g/mol. The maximum atomic E-state index is 12.9. The van der Waals surface area contributed by atoms with Crippen LogP contribution in [0.5, 0.6) is 0 Å². The van der Waals surface area contributed by atoms with Crippen LogP contribution in [0.15, 0.2) is 65.5 Å². The van der Waals surface area contributed by atoms with Crippen LogP contribution in [0.3, 0.4) is 0 Å². The van der Waals surface area contributed by atoms with Crippen LogP contribution in [0.4, 0.5) is 0 Å². The third-order valence-corrected chi connectivity index (χ3v) is 5.10. The first kappa shape index (κ1) is 20.5. The van der Waals surface area contributed by atoms with Crippen molar-refractivity contribution < 1.29 is 0 Å². The van der Waals surface area contributed by atoms with Gasteiger partial charge in [-0.3, -0.25) is 4.57 Å². The number of aromatic amines is 1. The first-order valence-electron chi connectivity index (χ1n) is 10.3. The van der Waals surface area contributed by atoms with Crippen molar-refractivity contribution >= 4 is 0 Å². The molecule has 2 aromatic heterocycles. The first-order chi connectivity index (χ1) is 15.1. The molecule has 8 nitrogen and oxygen atoms in total. The lowest BCUT2D eigenvalue weighted by molar-refractivity contribution is 0.505. The van der Waals surface area contributed by atoms with E-state index in [2.05, 4.69) is 56.1 Å². The molecule has 4 rings (SSSR count). The number of hydrogen-bond donors (Lipinski definition) is 1. The molecule has 0 saturated carbocycles. The second-order valence-corrected chi connectivity index (χ2v) is 7.62. The summed E-state index contributed by atoms with van der Waals surface area (Å²) in [6.07, 6.45) is 4.62. The van der Waals surface area contributed by atoms with Gasteiger partial charge in [-0.15, -0.1) is 5.10 Å². The number of benzene rings is 2. The van der Waals surface area contributed by atoms with Gasteiger partial charge in [-0.1, -0.05) is 54.6 Å². The summed E-state index contributed by atoms with van der Waals surface area (Å²) in [5.41, 5.74) is 4.04. The molecule has 0 radical (unpaired) electrons. The van der Waals surface area contributed by atoms with Crippen LogP contribution in [0.2, 0.25) is 0 Å². The van der Waals surface area contributed by atoms with Gasteiger partial charge in [0.05, 0.1) is 12.6 Å². The Hall–Kier alpha value is -3.81. The fourth-order valence-electron chi connectivity index (χ4n) is 3.44. The highest BCUT2D eigenvalue weighted by Crippen LogP contribution is 2.24. The zero-order valence-electron chi connectivity index (χ0n) is 17.9. The number of H-pyrrole nitrogens is 1. The molecule has 8 heteroatoms. The summed E-state index contributed by atoms with van der Waals surface area (Å²) < 4.78 is 3.31. The molecule has 0 amide bonds. The number of nitrogens with zero attached hydrogens (tertiary/aromatic N) is 6. The van der Waals surface area contributed by atoms with Crippen LogP contribution in [0, 0.1) is 0 Å². The average molecular weight is 416 g/mol. The summed E-state index contributed by atoms with van der Waals surface area (Å²) in [6.45, 7) is 6.39. The third-order valence-electron chi connectivity index (χ3n) is 5.10. The van der Waals surface area contributed by atoms with Gasteiger partial charge < -0.3 is 0 Å². The van der Waals surface area contributed by atoms with E-state index in [1.54, 1.807) is 9.25 Å². The zero-order chi connectivity index (χ0) is 21.8. The van der Waals surface area contributed by atoms with Crippen LogP contribution in [-0.4, -0.2) is 35.0 Å². The lowest BCUT2D eigenvalue weighted by atomic mass is 10.0. The SMILES string of the molecule is C/C=C/Cc1nn(C(C)C)c(=O)n1Cc1ccc(-c2cccc(-c3nnn[nH]3)c2)cc1. The Morgan fingerprint density at radius 1 is 1.06 bits per heavy atom. The van der Waals surface area contributed by atoms with E-state index in [4.69, 9.17) is 0 Å². The fourth-order valence-corrected chi connectivity index (χ4v) is 3.44. The number of rotatable bonds is 7. The van der Waals surface area contributed by atoms with Gasteiger partial charge >= 0.3 is 5.69 Å². The van der Waals surface area contributed by atoms with E-state index in [9.17, 15) is 4.79 Å². The van der Waals surface area contributed by atoms with Crippen molar-refractivity contribution in [1.29, 1.82) is 0 Å². The van der Waals surface area contributed by atoms with Gasteiger partial charge in [0.1, 0.15) is 5.82 Å². The molecule has 0 atom stereocenters. The Labute approximate surface area is 180 Å². The van der Waals surface area contributed by atoms with Crippen molar-refractivity contribution in [2.45, 2.75) is 39.8 Å². The van der Waals surface area contributed by atoms with E-state index in [-0.39, 0.29) is 11.7 Å². The Bertz CT molecular complexity index is 1230. The molecule has 2 heterocycles. The third kappa shape index (κ3) is 4.37. The van der Waals surface area contributed by atoms with Crippen molar-refractivity contribution in [2.24, 2.45) is 0 Å². The molecule has 0 spiro atoms. The van der Waals surface area contributed by atoms with Crippen molar-refractivity contribution in [3.05, 3.63) is 82.6 Å². The van der Waals surface area contributed by atoms with Crippen molar-refractivity contribution in [3.8, 4) is 22.5 Å². The lowest BCUT2D eigenvalue weighted by Crippen LogP contribution is -2.27. The fraction of sp³-hybridized carbons (Fsp3) is 0.261. The molecule has 0 fully saturated rings. The summed E-state index contributed by atoms with van der Waals surface area (Å²) in [4.78, 5) is 12.9. The minimum absolute atomic E-state index is 0.0207. The molecular formula is C23H25N7O. The van der Waals surface area contributed by atoms with Crippen LogP contribution < -0.4 is 5.69 Å². The molecule has 0 unspecified atom stereocenters. The van der Waals surface area contributed by atoms with Crippen LogP contribution in [0.25, 0.3) is 22.5 Å². The summed E-state index contributed by atoms with van der Waals surface area (Å²) in [6, 6.07) is 16.3. The standard InChI is InChI=1S/C23H25N7O/c1-4-5-9-21-26-30(16(2)3)23(31)29(21)15-17-10-12-18(13-11-17)19-7-6-8-20(14-19)22-24-27-28-25-22/h4-8,10-14,16H,9,15H2,1-3H3,(H,24,25,27,28)/b5-4+. The maximum absolute atomic E-state index is 12.9. The summed E-state index contributed by atoms with van der Waals surface area (Å²) in [5.74, 6) is 1.41. The number of hydrogen-bond acceptors (Lipinski definition) is 5. The molecule has 31 heavy (non-hydrogen) atoms. The summed E-state index contributed by atoms with van der Waals surface area (Å²) >= 11 is 0. The minimum atomic E-state index is -0.0769. The van der Waals surface area contributed by atoms with Crippen LogP contribution in [0.1, 0.15) is 38.2 Å². The largest absolute Gasteiger partial charge is 0.346 e. The second-order valence-electron chi connectivity index (χ2n) is 7.62. The molecule has 0 aliphatic rings. The highest BCUT2D eigenvalue weighted by Gasteiger charge is 2.15. The molecule has 0 aliphatic carbocycles. The van der Waals surface area contributed by atoms with Crippen molar-refractivity contribution in [3.63, 3.8) is 0 Å². The Kier molecular flexibility index (Phi) is 5.88. The van der Waals surface area contributed by atoms with E-state index < -0.39 is 0 Å². The van der Waals surface area contributed by atoms with Crippen LogP contribution >= 0.6 is 0 Å². The Morgan fingerprint density at radius 3 is 2.52 bits per heavy atom. The van der Waals surface area contributed by atoms with E-state index in [0.29, 0.717) is 18.8 Å². The zero-order valence-corrected chi connectivity index (χ0v) is 17.9. The van der Waals surface area contributed by atoms with E-state index in [1.807, 2.05) is 51.1 Å². The van der Waals surface area contributed by atoms with E-state index in [1.165, 1.54) is 0 Å². The highest BCUT2D eigenvalue weighted by molar-refractivity contribution is 5.70. The average Bonchev–Trinajstić information content (AvgIpc) is 3.42. The quantitative estimate of drug-likeness (QED) is 0.465. The number of nitrogens with one attached hydrogen (secondary N) is 1. The molecule has 158 valence electrons. The van der Waals surface area contributed by atoms with Crippen molar-refractivity contribution in [1.82, 2.24) is 35.0 Å². The van der Waals surface area contributed by atoms with E-state index >= 15 is 0 Å². The molecular weight excluding hydrogens is 390 g/mol. The summed E-state index contributed by atoms with van der Waals surface area (Å²) in [5, 5.41) is 18.6. The van der Waals surface area contributed by atoms with E-state index in [0.717, 1.165) is 28.1 Å². The summed E-state index contributed by atoms with van der Waals surface area (Å²) in [7, 11) is 0. The van der Waals surface area contributed by atoms with Gasteiger partial charge in [0.2, 0.25) is 0 Å². The lowest BCUT2D eigenvalue weighted by Gasteiger charge is -2.08. The molecule has 2 aromatic carbocycles. The molecule has 1 N–H and O–H groups in total. The van der Waals surface area contributed by atoms with Crippen molar-refractivity contribution in [2.75, 3.05) is 0 Å². The van der Waals surface area contributed by atoms with Gasteiger partial charge in [-0.05, 0) is 54.0 Å². The predicted molar refractivity (Wildman–Crippen MR) is 120 cm³/mol. The Morgan fingerprint density at radius 2 is 1.84 bits per heavy atom. The molecule has 0 aliphatic heterocycles. The number of aromatic nitrogens is 7. The topological polar surface area (TPSA) is 94.3 Å². The molecule has 0 saturated heterocycles. The smallest absolute Gasteiger partial charge is 0.274 e.